The van der Waals surface area contributed by atoms with Crippen LogP contribution in [-0.2, 0) is 6.54 Å². The van der Waals surface area contributed by atoms with Crippen molar-refractivity contribution in [2.45, 2.75) is 13.5 Å². The van der Waals surface area contributed by atoms with E-state index in [0.29, 0.717) is 28.2 Å². The monoisotopic (exact) mass is 365 g/mol. The zero-order chi connectivity index (χ0) is 19.0. The van der Waals surface area contributed by atoms with Gasteiger partial charge in [0.1, 0.15) is 23.0 Å². The van der Waals surface area contributed by atoms with Crippen LogP contribution in [0.4, 0.5) is 4.39 Å². The number of ether oxygens (including phenoxy) is 1. The fourth-order valence-corrected chi connectivity index (χ4v) is 3.00. The van der Waals surface area contributed by atoms with Crippen molar-refractivity contribution in [1.82, 2.24) is 14.9 Å². The van der Waals surface area contributed by atoms with Gasteiger partial charge < -0.3 is 9.26 Å². The zero-order valence-electron chi connectivity index (χ0n) is 14.8. The van der Waals surface area contributed by atoms with Crippen LogP contribution in [0.25, 0.3) is 22.2 Å². The Balaban J connectivity index is 1.90. The molecule has 0 bridgehead atoms. The highest BCUT2D eigenvalue weighted by Crippen LogP contribution is 2.28. The van der Waals surface area contributed by atoms with Crippen LogP contribution in [0.1, 0.15) is 11.3 Å². The molecule has 0 atom stereocenters. The molecule has 27 heavy (non-hydrogen) atoms. The first kappa shape index (κ1) is 17.0. The third-order valence-electron chi connectivity index (χ3n) is 4.34. The van der Waals surface area contributed by atoms with E-state index >= 15 is 0 Å². The van der Waals surface area contributed by atoms with Crippen LogP contribution in [-0.4, -0.2) is 22.0 Å². The maximum atomic E-state index is 13.5. The largest absolute Gasteiger partial charge is 0.497 e. The van der Waals surface area contributed by atoms with Crippen LogP contribution in [0.3, 0.4) is 0 Å². The van der Waals surface area contributed by atoms with Crippen molar-refractivity contribution in [2.24, 2.45) is 0 Å². The molecule has 0 saturated carbocycles. The van der Waals surface area contributed by atoms with Crippen molar-refractivity contribution in [3.05, 3.63) is 76.0 Å². The minimum Gasteiger partial charge on any atom is -0.497 e. The maximum Gasteiger partial charge on any atom is 0.297 e. The quantitative estimate of drug-likeness (QED) is 0.553. The summed E-state index contributed by atoms with van der Waals surface area (Å²) in [6.07, 6.45) is 0. The molecule has 0 aliphatic rings. The van der Waals surface area contributed by atoms with Gasteiger partial charge in [0.25, 0.3) is 5.56 Å². The van der Waals surface area contributed by atoms with Gasteiger partial charge in [-0.25, -0.2) is 9.07 Å². The van der Waals surface area contributed by atoms with Crippen LogP contribution in [0.15, 0.2) is 57.8 Å². The lowest BCUT2D eigenvalue weighted by molar-refractivity contribution is 0.405. The molecule has 6 nitrogen and oxygen atoms in total. The standard InChI is InChI=1S/C20H16FN3O3/c1-12-17-18(14-6-8-16(26-2)9-7-14)22-24(20(25)19(17)23-27-12)11-13-4-3-5-15(21)10-13/h3-10H,11H2,1-2H3. The fourth-order valence-electron chi connectivity index (χ4n) is 3.00. The van der Waals surface area contributed by atoms with E-state index in [1.165, 1.54) is 16.8 Å². The van der Waals surface area contributed by atoms with Gasteiger partial charge in [-0.1, -0.05) is 17.3 Å². The molecule has 0 aliphatic carbocycles. The molecule has 4 aromatic rings. The van der Waals surface area contributed by atoms with Crippen LogP contribution < -0.4 is 10.3 Å². The summed E-state index contributed by atoms with van der Waals surface area (Å²) in [4.78, 5) is 12.8. The molecule has 0 N–H and O–H groups in total. The van der Waals surface area contributed by atoms with Gasteiger partial charge in [-0.3, -0.25) is 4.79 Å². The van der Waals surface area contributed by atoms with Gasteiger partial charge in [-0.15, -0.1) is 0 Å². The third-order valence-corrected chi connectivity index (χ3v) is 4.34. The Kier molecular flexibility index (Phi) is 4.19. The van der Waals surface area contributed by atoms with E-state index in [-0.39, 0.29) is 23.4 Å². The van der Waals surface area contributed by atoms with Crippen molar-refractivity contribution in [3.63, 3.8) is 0 Å². The average Bonchev–Trinajstić information content (AvgIpc) is 3.06. The van der Waals surface area contributed by atoms with Crippen LogP contribution in [0.5, 0.6) is 5.75 Å². The van der Waals surface area contributed by atoms with Crippen molar-refractivity contribution in [3.8, 4) is 17.0 Å². The van der Waals surface area contributed by atoms with E-state index in [9.17, 15) is 9.18 Å². The van der Waals surface area contributed by atoms with Crippen molar-refractivity contribution in [2.75, 3.05) is 7.11 Å². The SMILES string of the molecule is COc1ccc(-c2nn(Cc3cccc(F)c3)c(=O)c3noc(C)c23)cc1. The highest BCUT2D eigenvalue weighted by Gasteiger charge is 2.19. The summed E-state index contributed by atoms with van der Waals surface area (Å²) < 4.78 is 25.2. The average molecular weight is 365 g/mol. The number of hydrogen-bond donors (Lipinski definition) is 0. The Morgan fingerprint density at radius 1 is 1.19 bits per heavy atom. The number of rotatable bonds is 4. The van der Waals surface area contributed by atoms with Gasteiger partial charge in [-0.05, 0) is 48.9 Å². The fraction of sp³-hybridized carbons (Fsp3) is 0.150. The smallest absolute Gasteiger partial charge is 0.297 e. The van der Waals surface area contributed by atoms with Gasteiger partial charge in [0.2, 0.25) is 0 Å². The second-order valence-electron chi connectivity index (χ2n) is 6.13. The zero-order valence-corrected chi connectivity index (χ0v) is 14.8. The van der Waals surface area contributed by atoms with Crippen molar-refractivity contribution >= 4 is 10.9 Å². The number of benzene rings is 2. The van der Waals surface area contributed by atoms with Gasteiger partial charge >= 0.3 is 0 Å². The van der Waals surface area contributed by atoms with Crippen LogP contribution >= 0.6 is 0 Å². The first-order chi connectivity index (χ1) is 13.1. The van der Waals surface area contributed by atoms with E-state index < -0.39 is 0 Å². The second kappa shape index (κ2) is 6.68. The first-order valence-corrected chi connectivity index (χ1v) is 8.33. The molecular formula is C20H16FN3O3. The number of aryl methyl sites for hydroxylation is 1. The number of fused-ring (bicyclic) bond motifs is 1. The molecule has 0 amide bonds. The summed E-state index contributed by atoms with van der Waals surface area (Å²) in [7, 11) is 1.59. The molecule has 0 spiro atoms. The van der Waals surface area contributed by atoms with Gasteiger partial charge in [0.05, 0.1) is 19.0 Å². The minimum absolute atomic E-state index is 0.127. The summed E-state index contributed by atoms with van der Waals surface area (Å²) in [5, 5.41) is 9.01. The van der Waals surface area contributed by atoms with E-state index in [4.69, 9.17) is 9.26 Å². The lowest BCUT2D eigenvalue weighted by Gasteiger charge is -2.09. The van der Waals surface area contributed by atoms with Gasteiger partial charge in [-0.2, -0.15) is 5.10 Å². The predicted molar refractivity (Wildman–Crippen MR) is 98.3 cm³/mol. The molecule has 7 heteroatoms. The Hall–Kier alpha value is -3.48. The Morgan fingerprint density at radius 2 is 1.96 bits per heavy atom. The Labute approximate surface area is 153 Å². The lowest BCUT2D eigenvalue weighted by atomic mass is 10.1. The van der Waals surface area contributed by atoms with E-state index in [1.54, 1.807) is 26.2 Å². The van der Waals surface area contributed by atoms with Crippen molar-refractivity contribution in [1.29, 1.82) is 0 Å². The number of nitrogens with zero attached hydrogens (tertiary/aromatic N) is 3. The molecule has 0 radical (unpaired) electrons. The van der Waals surface area contributed by atoms with Crippen LogP contribution in [0.2, 0.25) is 0 Å². The summed E-state index contributed by atoms with van der Waals surface area (Å²) in [6.45, 7) is 1.86. The molecule has 0 fully saturated rings. The number of methoxy groups -OCH3 is 1. The molecule has 0 saturated heterocycles. The highest BCUT2D eigenvalue weighted by molar-refractivity contribution is 5.93. The van der Waals surface area contributed by atoms with E-state index in [2.05, 4.69) is 10.3 Å². The van der Waals surface area contributed by atoms with Crippen LogP contribution in [0, 0.1) is 12.7 Å². The second-order valence-corrected chi connectivity index (χ2v) is 6.13. The molecule has 136 valence electrons. The molecule has 0 aliphatic heterocycles. The number of hydrogen-bond acceptors (Lipinski definition) is 5. The molecule has 4 rings (SSSR count). The van der Waals surface area contributed by atoms with E-state index in [0.717, 1.165) is 5.56 Å². The highest BCUT2D eigenvalue weighted by atomic mass is 19.1. The number of aromatic nitrogens is 3. The molecule has 2 aromatic carbocycles. The predicted octanol–water partition coefficient (Wildman–Crippen LogP) is 3.56. The molecule has 0 unspecified atom stereocenters. The number of halogens is 1. The first-order valence-electron chi connectivity index (χ1n) is 8.33. The molecular weight excluding hydrogens is 349 g/mol. The molecule has 2 heterocycles. The summed E-state index contributed by atoms with van der Waals surface area (Å²) in [6, 6.07) is 13.4. The van der Waals surface area contributed by atoms with Crippen molar-refractivity contribution < 1.29 is 13.7 Å². The Morgan fingerprint density at radius 3 is 2.67 bits per heavy atom. The normalized spacial score (nSPS) is 11.1. The summed E-state index contributed by atoms with van der Waals surface area (Å²) >= 11 is 0. The summed E-state index contributed by atoms with van der Waals surface area (Å²) in [5.74, 6) is 0.859. The maximum absolute atomic E-state index is 13.5. The summed E-state index contributed by atoms with van der Waals surface area (Å²) in [5.41, 5.74) is 1.81. The van der Waals surface area contributed by atoms with Gasteiger partial charge in [0.15, 0.2) is 5.52 Å². The van der Waals surface area contributed by atoms with Gasteiger partial charge in [0, 0.05) is 5.56 Å². The minimum atomic E-state index is -0.386. The molecule has 2 aromatic heterocycles. The lowest BCUT2D eigenvalue weighted by Crippen LogP contribution is -2.24. The Bertz CT molecular complexity index is 1180. The third kappa shape index (κ3) is 3.08. The van der Waals surface area contributed by atoms with E-state index in [1.807, 2.05) is 24.3 Å². The topological polar surface area (TPSA) is 70.2 Å².